The Hall–Kier alpha value is -1.73. The third-order valence-electron chi connectivity index (χ3n) is 3.77. The molecule has 0 radical (unpaired) electrons. The van der Waals surface area contributed by atoms with Gasteiger partial charge in [-0.3, -0.25) is 11.3 Å². The molecule has 2 rings (SSSR count). The molecule has 0 aromatic heterocycles. The second kappa shape index (κ2) is 7.23. The summed E-state index contributed by atoms with van der Waals surface area (Å²) in [5, 5.41) is 0. The van der Waals surface area contributed by atoms with Crippen molar-refractivity contribution in [3.8, 4) is 0 Å². The molecule has 0 saturated carbocycles. The van der Waals surface area contributed by atoms with Crippen molar-refractivity contribution in [2.75, 3.05) is 6.54 Å². The van der Waals surface area contributed by atoms with E-state index in [-0.39, 0.29) is 10.3 Å². The van der Waals surface area contributed by atoms with Crippen molar-refractivity contribution in [3.05, 3.63) is 65.7 Å². The van der Waals surface area contributed by atoms with Gasteiger partial charge >= 0.3 is 0 Å². The van der Waals surface area contributed by atoms with Gasteiger partial charge in [0.15, 0.2) is 0 Å². The van der Waals surface area contributed by atoms with E-state index < -0.39 is 10.0 Å². The summed E-state index contributed by atoms with van der Waals surface area (Å²) in [5.41, 5.74) is 4.40. The first-order valence-corrected chi connectivity index (χ1v) is 8.91. The highest BCUT2D eigenvalue weighted by Gasteiger charge is 2.24. The zero-order chi connectivity index (χ0) is 16.9. The lowest BCUT2D eigenvalue weighted by atomic mass is 9.84. The van der Waals surface area contributed by atoms with Gasteiger partial charge in [0.2, 0.25) is 10.0 Å². The molecule has 0 aliphatic heterocycles. The van der Waals surface area contributed by atoms with Crippen LogP contribution < -0.4 is 16.0 Å². The minimum Gasteiger partial charge on any atom is -0.271 e. The Bertz CT molecular complexity index is 743. The summed E-state index contributed by atoms with van der Waals surface area (Å²) in [5.74, 6) is 5.36. The van der Waals surface area contributed by atoms with Gasteiger partial charge in [-0.15, -0.1) is 0 Å². The molecule has 5 nitrogen and oxygen atoms in total. The monoisotopic (exact) mass is 333 g/mol. The molecule has 0 spiro atoms. The fourth-order valence-corrected chi connectivity index (χ4v) is 3.51. The highest BCUT2D eigenvalue weighted by molar-refractivity contribution is 7.89. The summed E-state index contributed by atoms with van der Waals surface area (Å²) < 4.78 is 27.4. The van der Waals surface area contributed by atoms with E-state index in [1.165, 1.54) is 0 Å². The maximum atomic E-state index is 12.3. The van der Waals surface area contributed by atoms with Crippen molar-refractivity contribution in [2.24, 2.45) is 5.84 Å². The second-order valence-electron chi connectivity index (χ2n) is 6.10. The Morgan fingerprint density at radius 1 is 1.04 bits per heavy atom. The molecule has 2 aromatic rings. The Balaban J connectivity index is 2.14. The molecule has 124 valence electrons. The van der Waals surface area contributed by atoms with E-state index in [9.17, 15) is 8.42 Å². The SMILES string of the molecule is CC(C)(CNS(=O)(=O)c1ccccc1)c1cccc(CNN)c1. The number of nitrogens with one attached hydrogen (secondary N) is 2. The summed E-state index contributed by atoms with van der Waals surface area (Å²) >= 11 is 0. The molecule has 0 atom stereocenters. The van der Waals surface area contributed by atoms with Gasteiger partial charge in [-0.25, -0.2) is 13.1 Å². The number of hydrogen-bond donors (Lipinski definition) is 3. The van der Waals surface area contributed by atoms with Crippen molar-refractivity contribution in [3.63, 3.8) is 0 Å². The lowest BCUT2D eigenvalue weighted by molar-refractivity contribution is 0.501. The van der Waals surface area contributed by atoms with Crippen molar-refractivity contribution in [1.82, 2.24) is 10.1 Å². The van der Waals surface area contributed by atoms with Crippen LogP contribution in [0.3, 0.4) is 0 Å². The molecule has 0 amide bonds. The average molecular weight is 333 g/mol. The number of hydrogen-bond acceptors (Lipinski definition) is 4. The quantitative estimate of drug-likeness (QED) is 0.534. The fraction of sp³-hybridized carbons (Fsp3) is 0.294. The Kier molecular flexibility index (Phi) is 5.54. The zero-order valence-corrected chi connectivity index (χ0v) is 14.2. The molecule has 23 heavy (non-hydrogen) atoms. The van der Waals surface area contributed by atoms with E-state index in [1.54, 1.807) is 30.3 Å². The Morgan fingerprint density at radius 2 is 1.74 bits per heavy atom. The topological polar surface area (TPSA) is 84.2 Å². The van der Waals surface area contributed by atoms with Crippen LogP contribution in [0.4, 0.5) is 0 Å². The highest BCUT2D eigenvalue weighted by atomic mass is 32.2. The molecule has 2 aromatic carbocycles. The van der Waals surface area contributed by atoms with Gasteiger partial charge in [-0.05, 0) is 23.3 Å². The maximum Gasteiger partial charge on any atom is 0.240 e. The molecular weight excluding hydrogens is 310 g/mol. The summed E-state index contributed by atoms with van der Waals surface area (Å²) in [4.78, 5) is 0.275. The van der Waals surface area contributed by atoms with Crippen LogP contribution in [0.15, 0.2) is 59.5 Å². The number of benzene rings is 2. The van der Waals surface area contributed by atoms with Crippen molar-refractivity contribution in [1.29, 1.82) is 0 Å². The number of rotatable bonds is 7. The fourth-order valence-electron chi connectivity index (χ4n) is 2.28. The zero-order valence-electron chi connectivity index (χ0n) is 13.4. The van der Waals surface area contributed by atoms with Crippen LogP contribution in [0, 0.1) is 0 Å². The van der Waals surface area contributed by atoms with Crippen LogP contribution in [0.2, 0.25) is 0 Å². The first-order chi connectivity index (χ1) is 10.8. The lowest BCUT2D eigenvalue weighted by Crippen LogP contribution is -2.36. The molecular formula is C17H23N3O2S. The molecule has 6 heteroatoms. The van der Waals surface area contributed by atoms with Crippen LogP contribution in [0.1, 0.15) is 25.0 Å². The van der Waals surface area contributed by atoms with Gasteiger partial charge in [0, 0.05) is 18.5 Å². The highest BCUT2D eigenvalue weighted by Crippen LogP contribution is 2.24. The normalized spacial score (nSPS) is 12.3. The first kappa shape index (κ1) is 17.6. The van der Waals surface area contributed by atoms with Gasteiger partial charge in [0.25, 0.3) is 0 Å². The number of hydrazine groups is 1. The van der Waals surface area contributed by atoms with E-state index in [4.69, 9.17) is 5.84 Å². The predicted octanol–water partition coefficient (Wildman–Crippen LogP) is 1.91. The van der Waals surface area contributed by atoms with E-state index >= 15 is 0 Å². The molecule has 0 aliphatic rings. The van der Waals surface area contributed by atoms with Crippen LogP contribution in [-0.2, 0) is 22.0 Å². The molecule has 0 saturated heterocycles. The van der Waals surface area contributed by atoms with Gasteiger partial charge < -0.3 is 0 Å². The van der Waals surface area contributed by atoms with Crippen LogP contribution in [-0.4, -0.2) is 15.0 Å². The largest absolute Gasteiger partial charge is 0.271 e. The van der Waals surface area contributed by atoms with E-state index in [2.05, 4.69) is 10.1 Å². The van der Waals surface area contributed by atoms with E-state index in [0.29, 0.717) is 13.1 Å². The lowest BCUT2D eigenvalue weighted by Gasteiger charge is -2.26. The predicted molar refractivity (Wildman–Crippen MR) is 92.1 cm³/mol. The first-order valence-electron chi connectivity index (χ1n) is 7.43. The Labute approximate surface area is 137 Å². The van der Waals surface area contributed by atoms with Gasteiger partial charge in [-0.1, -0.05) is 56.3 Å². The summed E-state index contributed by atoms with van der Waals surface area (Å²) in [7, 11) is -3.50. The molecule has 0 heterocycles. The smallest absolute Gasteiger partial charge is 0.240 e. The van der Waals surface area contributed by atoms with E-state index in [1.807, 2.05) is 38.1 Å². The van der Waals surface area contributed by atoms with Gasteiger partial charge in [-0.2, -0.15) is 0 Å². The minimum atomic E-state index is -3.50. The third-order valence-corrected chi connectivity index (χ3v) is 5.19. The molecule has 0 aliphatic carbocycles. The average Bonchev–Trinajstić information content (AvgIpc) is 2.55. The van der Waals surface area contributed by atoms with E-state index in [0.717, 1.165) is 11.1 Å². The van der Waals surface area contributed by atoms with Crippen LogP contribution in [0.5, 0.6) is 0 Å². The number of sulfonamides is 1. The molecule has 4 N–H and O–H groups in total. The van der Waals surface area contributed by atoms with Gasteiger partial charge in [0.05, 0.1) is 4.90 Å². The van der Waals surface area contributed by atoms with Crippen molar-refractivity contribution < 1.29 is 8.42 Å². The summed E-state index contributed by atoms with van der Waals surface area (Å²) in [6, 6.07) is 16.4. The standard InChI is InChI=1S/C17H23N3O2S/c1-17(2,15-8-6-7-14(11-15)12-19-18)13-20-23(21,22)16-9-4-3-5-10-16/h3-11,19-20H,12-13,18H2,1-2H3. The number of nitrogens with two attached hydrogens (primary N) is 1. The Morgan fingerprint density at radius 3 is 2.39 bits per heavy atom. The minimum absolute atomic E-state index is 0.275. The second-order valence-corrected chi connectivity index (χ2v) is 7.87. The third kappa shape index (κ3) is 4.62. The van der Waals surface area contributed by atoms with Gasteiger partial charge in [0.1, 0.15) is 0 Å². The van der Waals surface area contributed by atoms with Crippen LogP contribution >= 0.6 is 0 Å². The summed E-state index contributed by atoms with van der Waals surface area (Å²) in [6.07, 6.45) is 0. The summed E-state index contributed by atoms with van der Waals surface area (Å²) in [6.45, 7) is 4.90. The molecule has 0 fully saturated rings. The maximum absolute atomic E-state index is 12.3. The van der Waals surface area contributed by atoms with Crippen molar-refractivity contribution >= 4 is 10.0 Å². The molecule has 0 bridgehead atoms. The molecule has 0 unspecified atom stereocenters. The van der Waals surface area contributed by atoms with Crippen LogP contribution in [0.25, 0.3) is 0 Å². The van der Waals surface area contributed by atoms with Crippen molar-refractivity contribution in [2.45, 2.75) is 30.7 Å².